The molecule has 118 valence electrons. The average Bonchev–Trinajstić information content (AvgIpc) is 2.61. The number of carbonyl (C=O) groups is 1. The molecule has 0 aliphatic carbocycles. The topological polar surface area (TPSA) is 50.1 Å². The minimum atomic E-state index is -0.891. The van der Waals surface area contributed by atoms with Crippen molar-refractivity contribution in [2.75, 3.05) is 6.61 Å². The highest BCUT2D eigenvalue weighted by molar-refractivity contribution is 5.79. The van der Waals surface area contributed by atoms with Gasteiger partial charge in [-0.2, -0.15) is 5.26 Å². The lowest BCUT2D eigenvalue weighted by Gasteiger charge is -2.36. The van der Waals surface area contributed by atoms with Crippen LogP contribution in [0, 0.1) is 17.2 Å². The van der Waals surface area contributed by atoms with Crippen molar-refractivity contribution in [1.29, 1.82) is 5.26 Å². The van der Waals surface area contributed by atoms with E-state index in [4.69, 9.17) is 4.74 Å². The highest BCUT2D eigenvalue weighted by Crippen LogP contribution is 2.42. The molecule has 3 heteroatoms. The molecule has 2 aromatic carbocycles. The van der Waals surface area contributed by atoms with Crippen molar-refractivity contribution >= 4 is 5.97 Å². The summed E-state index contributed by atoms with van der Waals surface area (Å²) >= 11 is 0. The van der Waals surface area contributed by atoms with E-state index in [0.29, 0.717) is 6.42 Å². The number of esters is 1. The number of hydrogen-bond donors (Lipinski definition) is 0. The Kier molecular flexibility index (Phi) is 5.54. The van der Waals surface area contributed by atoms with Gasteiger partial charge in [-0.3, -0.25) is 4.79 Å². The van der Waals surface area contributed by atoms with Crippen LogP contribution in [0.4, 0.5) is 0 Å². The molecule has 0 fully saturated rings. The summed E-state index contributed by atoms with van der Waals surface area (Å²) in [5.41, 5.74) is 1.19. The lowest BCUT2D eigenvalue weighted by Crippen LogP contribution is -2.40. The highest BCUT2D eigenvalue weighted by atomic mass is 16.5. The van der Waals surface area contributed by atoms with E-state index < -0.39 is 17.3 Å². The van der Waals surface area contributed by atoms with Crippen LogP contribution in [0.25, 0.3) is 0 Å². The standard InChI is InChI=1S/C20H21NO2/c1-3-20(16-11-7-5-8-12-16,17-13-9-6-10-14-17)18(15-21)19(22)23-4-2/h5-14,18H,3-4H2,1-2H3. The molecule has 0 N–H and O–H groups in total. The summed E-state index contributed by atoms with van der Waals surface area (Å²) in [6.07, 6.45) is 0.623. The predicted molar refractivity (Wildman–Crippen MR) is 89.7 cm³/mol. The highest BCUT2D eigenvalue weighted by Gasteiger charge is 2.45. The Labute approximate surface area is 137 Å². The average molecular weight is 307 g/mol. The molecule has 0 heterocycles. The van der Waals surface area contributed by atoms with Gasteiger partial charge in [0.25, 0.3) is 0 Å². The van der Waals surface area contributed by atoms with E-state index >= 15 is 0 Å². The molecule has 3 nitrogen and oxygen atoms in total. The van der Waals surface area contributed by atoms with Crippen molar-refractivity contribution in [3.8, 4) is 6.07 Å². The fourth-order valence-corrected chi connectivity index (χ4v) is 3.17. The van der Waals surface area contributed by atoms with Gasteiger partial charge < -0.3 is 4.74 Å². The number of ether oxygens (including phenoxy) is 1. The van der Waals surface area contributed by atoms with Crippen LogP contribution in [0.3, 0.4) is 0 Å². The molecule has 0 aliphatic rings. The van der Waals surface area contributed by atoms with Crippen LogP contribution in [-0.4, -0.2) is 12.6 Å². The molecule has 1 atom stereocenters. The summed E-state index contributed by atoms with van der Waals surface area (Å²) in [7, 11) is 0. The second-order valence-corrected chi connectivity index (χ2v) is 5.37. The third kappa shape index (κ3) is 3.12. The van der Waals surface area contributed by atoms with E-state index in [1.54, 1.807) is 6.92 Å². The zero-order valence-electron chi connectivity index (χ0n) is 13.5. The maximum Gasteiger partial charge on any atom is 0.324 e. The summed E-state index contributed by atoms with van der Waals surface area (Å²) < 4.78 is 5.18. The second-order valence-electron chi connectivity index (χ2n) is 5.37. The van der Waals surface area contributed by atoms with Crippen molar-refractivity contribution in [2.24, 2.45) is 5.92 Å². The first-order valence-corrected chi connectivity index (χ1v) is 7.88. The Morgan fingerprint density at radius 2 is 1.52 bits per heavy atom. The van der Waals surface area contributed by atoms with Crippen LogP contribution < -0.4 is 0 Å². The Hall–Kier alpha value is -2.60. The molecule has 0 amide bonds. The molecular weight excluding hydrogens is 286 g/mol. The minimum absolute atomic E-state index is 0.264. The van der Waals surface area contributed by atoms with Crippen molar-refractivity contribution < 1.29 is 9.53 Å². The summed E-state index contributed by atoms with van der Waals surface area (Å²) in [5, 5.41) is 9.76. The maximum atomic E-state index is 12.5. The van der Waals surface area contributed by atoms with Gasteiger partial charge in [-0.1, -0.05) is 67.6 Å². The smallest absolute Gasteiger partial charge is 0.324 e. The van der Waals surface area contributed by atoms with Gasteiger partial charge in [-0.25, -0.2) is 0 Å². The molecule has 0 saturated heterocycles. The fourth-order valence-electron chi connectivity index (χ4n) is 3.17. The van der Waals surface area contributed by atoms with Crippen LogP contribution >= 0.6 is 0 Å². The zero-order chi connectivity index (χ0) is 16.7. The van der Waals surface area contributed by atoms with Crippen molar-refractivity contribution in [3.63, 3.8) is 0 Å². The first-order valence-electron chi connectivity index (χ1n) is 7.88. The van der Waals surface area contributed by atoms with E-state index in [9.17, 15) is 10.1 Å². The molecule has 0 bridgehead atoms. The molecular formula is C20H21NO2. The van der Waals surface area contributed by atoms with Crippen molar-refractivity contribution in [1.82, 2.24) is 0 Å². The van der Waals surface area contributed by atoms with E-state index in [0.717, 1.165) is 11.1 Å². The molecule has 2 rings (SSSR count). The van der Waals surface area contributed by atoms with Gasteiger partial charge in [0.05, 0.1) is 12.7 Å². The molecule has 1 unspecified atom stereocenters. The Morgan fingerprint density at radius 3 is 1.87 bits per heavy atom. The van der Waals surface area contributed by atoms with Crippen LogP contribution in [0.2, 0.25) is 0 Å². The monoisotopic (exact) mass is 307 g/mol. The van der Waals surface area contributed by atoms with Crippen LogP contribution in [0.15, 0.2) is 60.7 Å². The number of hydrogen-bond acceptors (Lipinski definition) is 3. The summed E-state index contributed by atoms with van der Waals surface area (Å²) in [4.78, 5) is 12.5. The molecule has 0 radical (unpaired) electrons. The van der Waals surface area contributed by atoms with Gasteiger partial charge >= 0.3 is 5.97 Å². The van der Waals surface area contributed by atoms with Gasteiger partial charge in [-0.05, 0) is 24.5 Å². The minimum Gasteiger partial charge on any atom is -0.465 e. The normalized spacial score (nSPS) is 12.2. The molecule has 0 saturated carbocycles. The molecule has 0 aliphatic heterocycles. The third-order valence-electron chi connectivity index (χ3n) is 4.28. The maximum absolute atomic E-state index is 12.5. The number of rotatable bonds is 6. The van der Waals surface area contributed by atoms with Gasteiger partial charge in [0.15, 0.2) is 5.92 Å². The van der Waals surface area contributed by atoms with E-state index in [1.165, 1.54) is 0 Å². The van der Waals surface area contributed by atoms with Gasteiger partial charge in [-0.15, -0.1) is 0 Å². The Bertz CT molecular complexity index is 634. The van der Waals surface area contributed by atoms with Gasteiger partial charge in [0, 0.05) is 5.41 Å². The second kappa shape index (κ2) is 7.60. The van der Waals surface area contributed by atoms with E-state index in [-0.39, 0.29) is 6.61 Å². The summed E-state index contributed by atoms with van der Waals surface area (Å²) in [5.74, 6) is -1.36. The zero-order valence-corrected chi connectivity index (χ0v) is 13.5. The molecule has 23 heavy (non-hydrogen) atoms. The van der Waals surface area contributed by atoms with Gasteiger partial charge in [0.2, 0.25) is 0 Å². The third-order valence-corrected chi connectivity index (χ3v) is 4.28. The Balaban J connectivity index is 2.68. The van der Waals surface area contributed by atoms with Crippen LogP contribution in [0.1, 0.15) is 31.4 Å². The number of nitriles is 1. The summed E-state index contributed by atoms with van der Waals surface area (Å²) in [6, 6.07) is 21.7. The van der Waals surface area contributed by atoms with E-state index in [1.807, 2.05) is 67.6 Å². The SMILES string of the molecule is CCOC(=O)C(C#N)C(CC)(c1ccccc1)c1ccccc1. The van der Waals surface area contributed by atoms with Gasteiger partial charge in [0.1, 0.15) is 0 Å². The lowest BCUT2D eigenvalue weighted by molar-refractivity contribution is -0.147. The van der Waals surface area contributed by atoms with Crippen molar-refractivity contribution in [2.45, 2.75) is 25.7 Å². The number of carbonyl (C=O) groups excluding carboxylic acids is 1. The van der Waals surface area contributed by atoms with Crippen LogP contribution in [-0.2, 0) is 14.9 Å². The number of nitrogens with zero attached hydrogens (tertiary/aromatic N) is 1. The van der Waals surface area contributed by atoms with Crippen LogP contribution in [0.5, 0.6) is 0 Å². The molecule has 2 aromatic rings. The first kappa shape index (κ1) is 16.8. The first-order chi connectivity index (χ1) is 11.2. The Morgan fingerprint density at radius 1 is 1.04 bits per heavy atom. The number of benzene rings is 2. The summed E-state index contributed by atoms with van der Waals surface area (Å²) in [6.45, 7) is 4.02. The quantitative estimate of drug-likeness (QED) is 0.755. The molecule has 0 aromatic heterocycles. The fraction of sp³-hybridized carbons (Fsp3) is 0.300. The lowest BCUT2D eigenvalue weighted by atomic mass is 9.64. The predicted octanol–water partition coefficient (Wildman–Crippen LogP) is 4.09. The molecule has 0 spiro atoms. The largest absolute Gasteiger partial charge is 0.465 e. The van der Waals surface area contributed by atoms with Crippen molar-refractivity contribution in [3.05, 3.63) is 71.8 Å². The van der Waals surface area contributed by atoms with E-state index in [2.05, 4.69) is 6.07 Å².